The van der Waals surface area contributed by atoms with Crippen molar-refractivity contribution in [3.63, 3.8) is 0 Å². The maximum Gasteiger partial charge on any atom is 0.256 e. The number of nitrogens with one attached hydrogen (secondary N) is 1. The fourth-order valence-electron chi connectivity index (χ4n) is 1.30. The van der Waals surface area contributed by atoms with Gasteiger partial charge in [-0.3, -0.25) is 9.48 Å². The maximum atomic E-state index is 11.7. The number of phenolic OH excluding ortho intramolecular Hbond substituents is 1. The molecule has 5 heteroatoms. The van der Waals surface area contributed by atoms with Crippen molar-refractivity contribution in [3.8, 4) is 5.75 Å². The third kappa shape index (κ3) is 2.03. The standard InChI is InChI=1S/C11H11N3O2/c1-14-10(6-7-12-14)13-11(16)8-2-4-9(15)5-3-8/h2-7,15H,1H3,(H,13,16). The van der Waals surface area contributed by atoms with Crippen molar-refractivity contribution in [1.82, 2.24) is 9.78 Å². The molecular formula is C11H11N3O2. The molecule has 1 aromatic heterocycles. The first-order chi connectivity index (χ1) is 7.66. The van der Waals surface area contributed by atoms with Crippen LogP contribution in [0.25, 0.3) is 0 Å². The number of aryl methyl sites for hydroxylation is 1. The Bertz CT molecular complexity index is 502. The highest BCUT2D eigenvalue weighted by molar-refractivity contribution is 6.03. The Kier molecular flexibility index (Phi) is 2.59. The first-order valence-corrected chi connectivity index (χ1v) is 4.75. The molecule has 1 amide bonds. The van der Waals surface area contributed by atoms with Crippen molar-refractivity contribution in [2.75, 3.05) is 5.32 Å². The Balaban J connectivity index is 2.15. The Morgan fingerprint density at radius 1 is 1.31 bits per heavy atom. The lowest BCUT2D eigenvalue weighted by Gasteiger charge is -2.04. The van der Waals surface area contributed by atoms with E-state index in [1.54, 1.807) is 36.1 Å². The van der Waals surface area contributed by atoms with Gasteiger partial charge in [0.1, 0.15) is 11.6 Å². The number of carbonyl (C=O) groups excluding carboxylic acids is 1. The molecule has 5 nitrogen and oxygen atoms in total. The van der Waals surface area contributed by atoms with Crippen molar-refractivity contribution in [3.05, 3.63) is 42.1 Å². The summed E-state index contributed by atoms with van der Waals surface area (Å²) in [6.07, 6.45) is 1.60. The van der Waals surface area contributed by atoms with E-state index in [-0.39, 0.29) is 11.7 Å². The van der Waals surface area contributed by atoms with Crippen LogP contribution >= 0.6 is 0 Å². The fourth-order valence-corrected chi connectivity index (χ4v) is 1.30. The van der Waals surface area contributed by atoms with Crippen LogP contribution in [0.4, 0.5) is 5.82 Å². The van der Waals surface area contributed by atoms with E-state index >= 15 is 0 Å². The Morgan fingerprint density at radius 3 is 2.56 bits per heavy atom. The topological polar surface area (TPSA) is 67.2 Å². The molecule has 1 aromatic carbocycles. The lowest BCUT2D eigenvalue weighted by molar-refractivity contribution is 0.102. The van der Waals surface area contributed by atoms with Gasteiger partial charge in [0.2, 0.25) is 0 Å². The van der Waals surface area contributed by atoms with Crippen molar-refractivity contribution in [2.24, 2.45) is 7.05 Å². The number of hydrogen-bond acceptors (Lipinski definition) is 3. The van der Waals surface area contributed by atoms with Gasteiger partial charge in [-0.1, -0.05) is 0 Å². The second-order valence-corrected chi connectivity index (χ2v) is 3.34. The van der Waals surface area contributed by atoms with E-state index in [4.69, 9.17) is 5.11 Å². The molecule has 2 rings (SSSR count). The smallest absolute Gasteiger partial charge is 0.256 e. The summed E-state index contributed by atoms with van der Waals surface area (Å²) in [6.45, 7) is 0. The number of phenols is 1. The van der Waals surface area contributed by atoms with Gasteiger partial charge in [0.25, 0.3) is 5.91 Å². The number of rotatable bonds is 2. The van der Waals surface area contributed by atoms with Crippen molar-refractivity contribution in [1.29, 1.82) is 0 Å². The van der Waals surface area contributed by atoms with Gasteiger partial charge >= 0.3 is 0 Å². The van der Waals surface area contributed by atoms with E-state index < -0.39 is 0 Å². The minimum absolute atomic E-state index is 0.136. The molecule has 16 heavy (non-hydrogen) atoms. The molecule has 0 aliphatic rings. The molecule has 0 fully saturated rings. The second-order valence-electron chi connectivity index (χ2n) is 3.34. The van der Waals surface area contributed by atoms with E-state index in [0.29, 0.717) is 11.4 Å². The minimum atomic E-state index is -0.233. The van der Waals surface area contributed by atoms with Crippen LogP contribution in [-0.4, -0.2) is 20.8 Å². The van der Waals surface area contributed by atoms with Crippen LogP contribution in [0.15, 0.2) is 36.5 Å². The lowest BCUT2D eigenvalue weighted by atomic mass is 10.2. The summed E-state index contributed by atoms with van der Waals surface area (Å²) in [5.41, 5.74) is 0.485. The Labute approximate surface area is 92.3 Å². The van der Waals surface area contributed by atoms with Gasteiger partial charge in [-0.2, -0.15) is 5.10 Å². The van der Waals surface area contributed by atoms with E-state index in [0.717, 1.165) is 0 Å². The van der Waals surface area contributed by atoms with Gasteiger partial charge in [0.05, 0.1) is 6.20 Å². The SMILES string of the molecule is Cn1nccc1NC(=O)c1ccc(O)cc1. The largest absolute Gasteiger partial charge is 0.508 e. The molecule has 2 N–H and O–H groups in total. The van der Waals surface area contributed by atoms with Gasteiger partial charge in [0.15, 0.2) is 0 Å². The van der Waals surface area contributed by atoms with Gasteiger partial charge in [-0.15, -0.1) is 0 Å². The number of aromatic nitrogens is 2. The summed E-state index contributed by atoms with van der Waals surface area (Å²) < 4.78 is 1.57. The molecule has 0 unspecified atom stereocenters. The first-order valence-electron chi connectivity index (χ1n) is 4.75. The van der Waals surface area contributed by atoms with Crippen LogP contribution in [0, 0.1) is 0 Å². The van der Waals surface area contributed by atoms with Gasteiger partial charge in [-0.05, 0) is 24.3 Å². The summed E-state index contributed by atoms with van der Waals surface area (Å²) in [4.78, 5) is 11.7. The van der Waals surface area contributed by atoms with Crippen molar-refractivity contribution in [2.45, 2.75) is 0 Å². The van der Waals surface area contributed by atoms with E-state index in [9.17, 15) is 4.79 Å². The second kappa shape index (κ2) is 4.06. The Morgan fingerprint density at radius 2 is 2.00 bits per heavy atom. The molecule has 0 atom stereocenters. The predicted octanol–water partition coefficient (Wildman–Crippen LogP) is 1.38. The summed E-state index contributed by atoms with van der Waals surface area (Å²) in [6, 6.07) is 7.76. The number of amides is 1. The first kappa shape index (κ1) is 10.2. The van der Waals surface area contributed by atoms with Crippen LogP contribution in [0.2, 0.25) is 0 Å². The summed E-state index contributed by atoms with van der Waals surface area (Å²) in [5, 5.41) is 15.7. The van der Waals surface area contributed by atoms with Gasteiger partial charge in [0, 0.05) is 18.7 Å². The zero-order chi connectivity index (χ0) is 11.5. The Hall–Kier alpha value is -2.30. The molecule has 0 radical (unpaired) electrons. The van der Waals surface area contributed by atoms with Crippen LogP contribution < -0.4 is 5.32 Å². The van der Waals surface area contributed by atoms with Crippen LogP contribution in [0.5, 0.6) is 5.75 Å². The van der Waals surface area contributed by atoms with Crippen molar-refractivity contribution < 1.29 is 9.90 Å². The molecule has 2 aromatic rings. The van der Waals surface area contributed by atoms with Crippen LogP contribution in [0.1, 0.15) is 10.4 Å². The molecule has 0 saturated carbocycles. The van der Waals surface area contributed by atoms with E-state index in [1.807, 2.05) is 0 Å². The highest BCUT2D eigenvalue weighted by atomic mass is 16.3. The number of hydrogen-bond donors (Lipinski definition) is 2. The quantitative estimate of drug-likeness (QED) is 0.798. The highest BCUT2D eigenvalue weighted by Crippen LogP contribution is 2.11. The summed E-state index contributed by atoms with van der Waals surface area (Å²) >= 11 is 0. The normalized spacial score (nSPS) is 10.1. The zero-order valence-corrected chi connectivity index (χ0v) is 8.71. The average molecular weight is 217 g/mol. The van der Waals surface area contributed by atoms with Crippen LogP contribution in [-0.2, 0) is 7.05 Å². The van der Waals surface area contributed by atoms with E-state index in [2.05, 4.69) is 10.4 Å². The predicted molar refractivity (Wildman–Crippen MR) is 59.3 cm³/mol. The molecule has 1 heterocycles. The fraction of sp³-hybridized carbons (Fsp3) is 0.0909. The zero-order valence-electron chi connectivity index (χ0n) is 8.71. The molecule has 0 saturated heterocycles. The number of aromatic hydroxyl groups is 1. The third-order valence-corrected chi connectivity index (χ3v) is 2.19. The number of carbonyl (C=O) groups is 1. The number of anilines is 1. The third-order valence-electron chi connectivity index (χ3n) is 2.19. The van der Waals surface area contributed by atoms with Gasteiger partial charge in [-0.25, -0.2) is 0 Å². The molecular weight excluding hydrogens is 206 g/mol. The number of nitrogens with zero attached hydrogens (tertiary/aromatic N) is 2. The van der Waals surface area contributed by atoms with Crippen LogP contribution in [0.3, 0.4) is 0 Å². The summed E-state index contributed by atoms with van der Waals surface area (Å²) in [7, 11) is 1.74. The monoisotopic (exact) mass is 217 g/mol. The highest BCUT2D eigenvalue weighted by Gasteiger charge is 2.07. The molecule has 0 spiro atoms. The van der Waals surface area contributed by atoms with E-state index in [1.165, 1.54) is 12.1 Å². The summed E-state index contributed by atoms with van der Waals surface area (Å²) in [5.74, 6) is 0.527. The molecule has 0 bridgehead atoms. The lowest BCUT2D eigenvalue weighted by Crippen LogP contribution is -2.14. The van der Waals surface area contributed by atoms with Gasteiger partial charge < -0.3 is 10.4 Å². The molecule has 0 aliphatic heterocycles. The molecule has 82 valence electrons. The average Bonchev–Trinajstić information content (AvgIpc) is 2.65. The maximum absolute atomic E-state index is 11.7. The number of benzene rings is 1. The minimum Gasteiger partial charge on any atom is -0.508 e. The molecule has 0 aliphatic carbocycles. The van der Waals surface area contributed by atoms with Crippen molar-refractivity contribution >= 4 is 11.7 Å².